The van der Waals surface area contributed by atoms with Gasteiger partial charge in [0.25, 0.3) is 0 Å². The molecule has 2 atom stereocenters. The van der Waals surface area contributed by atoms with Crippen molar-refractivity contribution in [3.63, 3.8) is 0 Å². The van der Waals surface area contributed by atoms with Crippen molar-refractivity contribution in [3.05, 3.63) is 35.4 Å². The summed E-state index contributed by atoms with van der Waals surface area (Å²) in [6.45, 7) is 3.05. The SMILES string of the molecule is COC(=O)c1ccc(C2(NC(=O)[C@H]3C[C@@H](C)CN3)CC2)cc1. The maximum Gasteiger partial charge on any atom is 0.337 e. The van der Waals surface area contributed by atoms with Gasteiger partial charge in [0.05, 0.1) is 24.3 Å². The molecule has 1 saturated carbocycles. The van der Waals surface area contributed by atoms with Crippen LogP contribution in [0.2, 0.25) is 0 Å². The molecule has 1 aliphatic heterocycles. The van der Waals surface area contributed by atoms with E-state index in [2.05, 4.69) is 17.6 Å². The number of rotatable bonds is 4. The Kier molecular flexibility index (Phi) is 3.91. The Hall–Kier alpha value is -1.88. The number of methoxy groups -OCH3 is 1. The fraction of sp³-hybridized carbons (Fsp3) is 0.529. The van der Waals surface area contributed by atoms with Crippen LogP contribution in [0.25, 0.3) is 0 Å². The van der Waals surface area contributed by atoms with E-state index >= 15 is 0 Å². The minimum Gasteiger partial charge on any atom is -0.465 e. The molecule has 0 unspecified atom stereocenters. The molecule has 3 rings (SSSR count). The molecule has 0 aromatic heterocycles. The third kappa shape index (κ3) is 2.86. The van der Waals surface area contributed by atoms with Gasteiger partial charge in [0.15, 0.2) is 0 Å². The molecular weight excluding hydrogens is 280 g/mol. The lowest BCUT2D eigenvalue weighted by Gasteiger charge is -2.21. The first kappa shape index (κ1) is 15.0. The molecule has 5 heteroatoms. The van der Waals surface area contributed by atoms with Crippen molar-refractivity contribution in [2.75, 3.05) is 13.7 Å². The smallest absolute Gasteiger partial charge is 0.337 e. The fourth-order valence-corrected chi connectivity index (χ4v) is 3.09. The lowest BCUT2D eigenvalue weighted by Crippen LogP contribution is -2.45. The van der Waals surface area contributed by atoms with Gasteiger partial charge in [-0.2, -0.15) is 0 Å². The molecule has 1 heterocycles. The molecule has 22 heavy (non-hydrogen) atoms. The molecule has 0 bridgehead atoms. The maximum absolute atomic E-state index is 12.4. The molecule has 0 radical (unpaired) electrons. The number of nitrogens with one attached hydrogen (secondary N) is 2. The van der Waals surface area contributed by atoms with Gasteiger partial charge in [0, 0.05) is 0 Å². The molecule has 2 aliphatic rings. The molecule has 1 saturated heterocycles. The minimum atomic E-state index is -0.343. The highest BCUT2D eigenvalue weighted by atomic mass is 16.5. The summed E-state index contributed by atoms with van der Waals surface area (Å²) in [6, 6.07) is 7.24. The van der Waals surface area contributed by atoms with E-state index in [1.807, 2.05) is 12.1 Å². The predicted octanol–water partition coefficient (Wildman–Crippen LogP) is 1.58. The average molecular weight is 302 g/mol. The molecule has 2 N–H and O–H groups in total. The van der Waals surface area contributed by atoms with Crippen LogP contribution >= 0.6 is 0 Å². The molecule has 1 aromatic carbocycles. The standard InChI is InChI=1S/C17H22N2O3/c1-11-9-14(18-10-11)15(20)19-17(7-8-17)13-5-3-12(4-6-13)16(21)22-2/h3-6,11,14,18H,7-10H2,1-2H3,(H,19,20)/t11-,14-/m1/s1. The highest BCUT2D eigenvalue weighted by Crippen LogP contribution is 2.45. The fourth-order valence-electron chi connectivity index (χ4n) is 3.09. The van der Waals surface area contributed by atoms with Crippen molar-refractivity contribution in [3.8, 4) is 0 Å². The van der Waals surface area contributed by atoms with Gasteiger partial charge >= 0.3 is 5.97 Å². The van der Waals surface area contributed by atoms with Crippen LogP contribution < -0.4 is 10.6 Å². The molecular formula is C17H22N2O3. The van der Waals surface area contributed by atoms with Gasteiger partial charge in [-0.25, -0.2) is 4.79 Å². The van der Waals surface area contributed by atoms with E-state index in [9.17, 15) is 9.59 Å². The van der Waals surface area contributed by atoms with Gasteiger partial charge in [-0.1, -0.05) is 19.1 Å². The quantitative estimate of drug-likeness (QED) is 0.829. The number of carbonyl (C=O) groups excluding carboxylic acids is 2. The van der Waals surface area contributed by atoms with Crippen molar-refractivity contribution < 1.29 is 14.3 Å². The van der Waals surface area contributed by atoms with Crippen LogP contribution in [-0.4, -0.2) is 31.6 Å². The molecule has 1 aliphatic carbocycles. The van der Waals surface area contributed by atoms with E-state index in [1.54, 1.807) is 12.1 Å². The third-order valence-electron chi connectivity index (χ3n) is 4.64. The van der Waals surface area contributed by atoms with Crippen molar-refractivity contribution in [2.45, 2.75) is 37.8 Å². The molecule has 5 nitrogen and oxygen atoms in total. The van der Waals surface area contributed by atoms with Crippen LogP contribution in [0.15, 0.2) is 24.3 Å². The number of hydrogen-bond acceptors (Lipinski definition) is 4. The van der Waals surface area contributed by atoms with E-state index < -0.39 is 0 Å². The lowest BCUT2D eigenvalue weighted by molar-refractivity contribution is -0.123. The number of carbonyl (C=O) groups is 2. The van der Waals surface area contributed by atoms with Gasteiger partial charge in [-0.3, -0.25) is 4.79 Å². The van der Waals surface area contributed by atoms with Gasteiger partial charge in [-0.15, -0.1) is 0 Å². The summed E-state index contributed by atoms with van der Waals surface area (Å²) < 4.78 is 4.70. The summed E-state index contributed by atoms with van der Waals surface area (Å²) in [6.07, 6.45) is 2.78. The number of ether oxygens (including phenoxy) is 1. The zero-order valence-electron chi connectivity index (χ0n) is 13.0. The number of benzene rings is 1. The Morgan fingerprint density at radius 3 is 2.45 bits per heavy atom. The zero-order chi connectivity index (χ0) is 15.7. The van der Waals surface area contributed by atoms with E-state index in [-0.39, 0.29) is 23.5 Å². The summed E-state index contributed by atoms with van der Waals surface area (Å²) in [4.78, 5) is 23.9. The highest BCUT2D eigenvalue weighted by Gasteiger charge is 2.46. The zero-order valence-corrected chi connectivity index (χ0v) is 13.0. The Balaban J connectivity index is 1.68. The van der Waals surface area contributed by atoms with Crippen LogP contribution in [0.1, 0.15) is 42.1 Å². The molecule has 118 valence electrons. The summed E-state index contributed by atoms with van der Waals surface area (Å²) in [5, 5.41) is 6.46. The third-order valence-corrected chi connectivity index (χ3v) is 4.64. The molecule has 1 amide bonds. The van der Waals surface area contributed by atoms with Gasteiger partial charge in [-0.05, 0) is 49.4 Å². The number of esters is 1. The lowest BCUT2D eigenvalue weighted by atomic mass is 10.0. The van der Waals surface area contributed by atoms with E-state index in [4.69, 9.17) is 4.74 Å². The van der Waals surface area contributed by atoms with E-state index in [1.165, 1.54) is 7.11 Å². The van der Waals surface area contributed by atoms with E-state index in [0.29, 0.717) is 11.5 Å². The monoisotopic (exact) mass is 302 g/mol. The molecule has 0 spiro atoms. The van der Waals surface area contributed by atoms with Crippen LogP contribution in [0.3, 0.4) is 0 Å². The van der Waals surface area contributed by atoms with Gasteiger partial charge < -0.3 is 15.4 Å². The second-order valence-electron chi connectivity index (χ2n) is 6.44. The summed E-state index contributed by atoms with van der Waals surface area (Å²) in [7, 11) is 1.37. The largest absolute Gasteiger partial charge is 0.465 e. The second kappa shape index (κ2) is 5.72. The average Bonchev–Trinajstić information content (AvgIpc) is 3.18. The Bertz CT molecular complexity index is 578. The first-order chi connectivity index (χ1) is 10.5. The maximum atomic E-state index is 12.4. The summed E-state index contributed by atoms with van der Waals surface area (Å²) in [5.41, 5.74) is 1.33. The predicted molar refractivity (Wildman–Crippen MR) is 82.4 cm³/mol. The summed E-state index contributed by atoms with van der Waals surface area (Å²) in [5.74, 6) is 0.286. The first-order valence-electron chi connectivity index (χ1n) is 7.78. The molecule has 2 fully saturated rings. The van der Waals surface area contributed by atoms with Crippen molar-refractivity contribution in [1.29, 1.82) is 0 Å². The van der Waals surface area contributed by atoms with Crippen LogP contribution in [-0.2, 0) is 15.1 Å². The Morgan fingerprint density at radius 2 is 1.95 bits per heavy atom. The van der Waals surface area contributed by atoms with Crippen LogP contribution in [0.4, 0.5) is 0 Å². The van der Waals surface area contributed by atoms with Gasteiger partial charge in [0.2, 0.25) is 5.91 Å². The highest BCUT2D eigenvalue weighted by molar-refractivity contribution is 5.89. The van der Waals surface area contributed by atoms with Crippen molar-refractivity contribution in [2.24, 2.45) is 5.92 Å². The Morgan fingerprint density at radius 1 is 1.27 bits per heavy atom. The van der Waals surface area contributed by atoms with Crippen LogP contribution in [0.5, 0.6) is 0 Å². The van der Waals surface area contributed by atoms with Crippen molar-refractivity contribution in [1.82, 2.24) is 10.6 Å². The Labute approximate surface area is 130 Å². The number of amides is 1. The normalized spacial score (nSPS) is 25.5. The van der Waals surface area contributed by atoms with E-state index in [0.717, 1.165) is 31.4 Å². The molecule has 1 aromatic rings. The topological polar surface area (TPSA) is 67.4 Å². The first-order valence-corrected chi connectivity index (χ1v) is 7.78. The summed E-state index contributed by atoms with van der Waals surface area (Å²) >= 11 is 0. The van der Waals surface area contributed by atoms with Gasteiger partial charge in [0.1, 0.15) is 0 Å². The van der Waals surface area contributed by atoms with Crippen LogP contribution in [0, 0.1) is 5.92 Å². The minimum absolute atomic E-state index is 0.0817. The van der Waals surface area contributed by atoms with Crippen molar-refractivity contribution >= 4 is 11.9 Å². The number of hydrogen-bond donors (Lipinski definition) is 2. The second-order valence-corrected chi connectivity index (χ2v) is 6.44.